The van der Waals surface area contributed by atoms with Crippen molar-refractivity contribution in [2.45, 2.75) is 11.1 Å². The summed E-state index contributed by atoms with van der Waals surface area (Å²) < 4.78 is 1.42. The molecule has 0 radical (unpaired) electrons. The molecule has 1 aromatic carbocycles. The van der Waals surface area contributed by atoms with Crippen LogP contribution in [0.4, 0.5) is 0 Å². The highest BCUT2D eigenvalue weighted by atomic mass is 32.2. The first-order valence-electron chi connectivity index (χ1n) is 5.90. The molecule has 0 spiro atoms. The van der Waals surface area contributed by atoms with E-state index in [2.05, 4.69) is 15.4 Å². The molecule has 4 N–H and O–H groups in total. The first kappa shape index (κ1) is 14.2. The third-order valence-electron chi connectivity index (χ3n) is 2.89. The van der Waals surface area contributed by atoms with Gasteiger partial charge >= 0.3 is 5.69 Å². The van der Waals surface area contributed by atoms with Gasteiger partial charge in [0.25, 0.3) is 0 Å². The number of hydrogen-bond donors (Lipinski definition) is 3. The first-order valence-corrected chi connectivity index (χ1v) is 6.88. The lowest BCUT2D eigenvalue weighted by atomic mass is 10.0. The van der Waals surface area contributed by atoms with Gasteiger partial charge in [0.1, 0.15) is 5.84 Å². The number of hydrogen-bond acceptors (Lipinski definition) is 5. The van der Waals surface area contributed by atoms with Crippen LogP contribution in [0.3, 0.4) is 0 Å². The summed E-state index contributed by atoms with van der Waals surface area (Å²) in [6.45, 7) is 0. The molecule has 1 aromatic heterocycles. The molecule has 106 valence electrons. The molecule has 0 saturated carbocycles. The first-order chi connectivity index (χ1) is 9.63. The van der Waals surface area contributed by atoms with Gasteiger partial charge in [-0.15, -0.1) is 5.10 Å². The molecule has 0 aliphatic rings. The van der Waals surface area contributed by atoms with E-state index in [0.29, 0.717) is 10.9 Å². The standard InChI is InChI=1S/C12H15N5O2S/c1-17-11(18)14-15-12(17)20-7-9(10(13)16-19)8-5-3-2-4-6-8/h2-6,9,19H,7H2,1H3,(H2,13,16)(H,14,18). The Hall–Kier alpha value is -2.22. The molecule has 0 saturated heterocycles. The van der Waals surface area contributed by atoms with Crippen molar-refractivity contribution < 1.29 is 5.21 Å². The Balaban J connectivity index is 2.18. The van der Waals surface area contributed by atoms with E-state index in [1.165, 1.54) is 16.3 Å². The number of H-pyrrole nitrogens is 1. The van der Waals surface area contributed by atoms with Crippen molar-refractivity contribution in [2.24, 2.45) is 17.9 Å². The number of nitrogens with one attached hydrogen (secondary N) is 1. The van der Waals surface area contributed by atoms with E-state index >= 15 is 0 Å². The second kappa shape index (κ2) is 6.29. The molecule has 0 aliphatic heterocycles. The summed E-state index contributed by atoms with van der Waals surface area (Å²) >= 11 is 1.36. The number of rotatable bonds is 5. The molecule has 20 heavy (non-hydrogen) atoms. The molecule has 1 unspecified atom stereocenters. The Labute approximate surface area is 119 Å². The summed E-state index contributed by atoms with van der Waals surface area (Å²) in [6.07, 6.45) is 0. The van der Waals surface area contributed by atoms with Crippen LogP contribution >= 0.6 is 11.8 Å². The molecule has 1 heterocycles. The van der Waals surface area contributed by atoms with E-state index in [9.17, 15) is 4.79 Å². The molecule has 0 bridgehead atoms. The number of benzene rings is 1. The quantitative estimate of drug-likeness (QED) is 0.247. The van der Waals surface area contributed by atoms with Crippen LogP contribution in [0.5, 0.6) is 0 Å². The minimum atomic E-state index is -0.271. The maximum absolute atomic E-state index is 11.3. The lowest BCUT2D eigenvalue weighted by Crippen LogP contribution is -2.24. The van der Waals surface area contributed by atoms with Gasteiger partial charge in [-0.2, -0.15) is 0 Å². The second-order valence-electron chi connectivity index (χ2n) is 4.17. The lowest BCUT2D eigenvalue weighted by Gasteiger charge is -2.14. The van der Waals surface area contributed by atoms with Crippen LogP contribution in [0.1, 0.15) is 11.5 Å². The fourth-order valence-corrected chi connectivity index (χ4v) is 2.79. The van der Waals surface area contributed by atoms with Crippen molar-refractivity contribution in [1.29, 1.82) is 0 Å². The van der Waals surface area contributed by atoms with Crippen molar-refractivity contribution in [3.8, 4) is 0 Å². The summed E-state index contributed by atoms with van der Waals surface area (Å²) in [4.78, 5) is 11.3. The minimum Gasteiger partial charge on any atom is -0.409 e. The Bertz CT molecular complexity index is 649. The van der Waals surface area contributed by atoms with Crippen LogP contribution in [-0.4, -0.2) is 31.6 Å². The van der Waals surface area contributed by atoms with Gasteiger partial charge in [0.2, 0.25) is 0 Å². The Morgan fingerprint density at radius 2 is 2.25 bits per heavy atom. The third-order valence-corrected chi connectivity index (χ3v) is 4.02. The summed E-state index contributed by atoms with van der Waals surface area (Å²) in [6, 6.07) is 9.50. The second-order valence-corrected chi connectivity index (χ2v) is 5.16. The van der Waals surface area contributed by atoms with Gasteiger partial charge in [-0.1, -0.05) is 47.2 Å². The SMILES string of the molecule is Cn1c(SCC(C(N)=NO)c2ccccc2)n[nH]c1=O. The maximum Gasteiger partial charge on any atom is 0.343 e. The zero-order valence-electron chi connectivity index (χ0n) is 10.9. The van der Waals surface area contributed by atoms with E-state index in [1.54, 1.807) is 7.05 Å². The van der Waals surface area contributed by atoms with Crippen LogP contribution in [0.15, 0.2) is 45.4 Å². The van der Waals surface area contributed by atoms with Gasteiger partial charge in [-0.25, -0.2) is 9.89 Å². The number of nitrogens with two attached hydrogens (primary N) is 1. The molecular weight excluding hydrogens is 278 g/mol. The fourth-order valence-electron chi connectivity index (χ4n) is 1.73. The molecule has 1 atom stereocenters. The normalized spacial score (nSPS) is 13.3. The highest BCUT2D eigenvalue weighted by Gasteiger charge is 2.18. The minimum absolute atomic E-state index is 0.129. The Morgan fingerprint density at radius 1 is 1.55 bits per heavy atom. The Morgan fingerprint density at radius 3 is 2.80 bits per heavy atom. The molecule has 7 nitrogen and oxygen atoms in total. The van der Waals surface area contributed by atoms with Crippen LogP contribution in [-0.2, 0) is 7.05 Å². The molecule has 2 rings (SSSR count). The lowest BCUT2D eigenvalue weighted by molar-refractivity contribution is 0.316. The topological polar surface area (TPSA) is 109 Å². The summed E-state index contributed by atoms with van der Waals surface area (Å²) in [7, 11) is 1.63. The average Bonchev–Trinajstić information content (AvgIpc) is 2.80. The zero-order valence-corrected chi connectivity index (χ0v) is 11.7. The predicted molar refractivity (Wildman–Crippen MR) is 77.1 cm³/mol. The van der Waals surface area contributed by atoms with E-state index < -0.39 is 0 Å². The van der Waals surface area contributed by atoms with Crippen LogP contribution < -0.4 is 11.4 Å². The van der Waals surface area contributed by atoms with Crippen molar-refractivity contribution in [2.75, 3.05) is 5.75 Å². The molecule has 0 amide bonds. The van der Waals surface area contributed by atoms with Crippen LogP contribution in [0.25, 0.3) is 0 Å². The number of oxime groups is 1. The number of aromatic amines is 1. The van der Waals surface area contributed by atoms with E-state index in [0.717, 1.165) is 5.56 Å². The van der Waals surface area contributed by atoms with Crippen molar-refractivity contribution in [3.63, 3.8) is 0 Å². The van der Waals surface area contributed by atoms with E-state index in [1.807, 2.05) is 30.3 Å². The molecular formula is C12H15N5O2S. The van der Waals surface area contributed by atoms with Crippen molar-refractivity contribution in [3.05, 3.63) is 46.4 Å². The van der Waals surface area contributed by atoms with Gasteiger partial charge in [0.05, 0.1) is 5.92 Å². The Kier molecular flexibility index (Phi) is 4.46. The molecule has 8 heteroatoms. The fraction of sp³-hybridized carbons (Fsp3) is 0.250. The van der Waals surface area contributed by atoms with Gasteiger partial charge in [0, 0.05) is 12.8 Å². The summed E-state index contributed by atoms with van der Waals surface area (Å²) in [5.74, 6) is 0.389. The summed E-state index contributed by atoms with van der Waals surface area (Å²) in [5.41, 5.74) is 6.42. The van der Waals surface area contributed by atoms with Gasteiger partial charge < -0.3 is 10.9 Å². The van der Waals surface area contributed by atoms with Gasteiger partial charge in [-0.05, 0) is 5.56 Å². The average molecular weight is 293 g/mol. The van der Waals surface area contributed by atoms with Crippen molar-refractivity contribution in [1.82, 2.24) is 14.8 Å². The van der Waals surface area contributed by atoms with Crippen molar-refractivity contribution >= 4 is 17.6 Å². The third kappa shape index (κ3) is 3.02. The smallest absolute Gasteiger partial charge is 0.343 e. The molecule has 0 aliphatic carbocycles. The molecule has 0 fully saturated rings. The predicted octanol–water partition coefficient (Wildman–Crippen LogP) is 0.731. The number of aromatic nitrogens is 3. The van der Waals surface area contributed by atoms with Crippen LogP contribution in [0.2, 0.25) is 0 Å². The maximum atomic E-state index is 11.3. The molecule has 2 aromatic rings. The van der Waals surface area contributed by atoms with E-state index in [4.69, 9.17) is 10.9 Å². The highest BCUT2D eigenvalue weighted by Crippen LogP contribution is 2.24. The highest BCUT2D eigenvalue weighted by molar-refractivity contribution is 7.99. The van der Waals surface area contributed by atoms with Crippen LogP contribution in [0, 0.1) is 0 Å². The summed E-state index contributed by atoms with van der Waals surface area (Å²) in [5, 5.41) is 18.8. The number of amidine groups is 1. The zero-order chi connectivity index (χ0) is 14.5. The monoisotopic (exact) mass is 293 g/mol. The largest absolute Gasteiger partial charge is 0.409 e. The van der Waals surface area contributed by atoms with Gasteiger partial charge in [-0.3, -0.25) is 4.57 Å². The van der Waals surface area contributed by atoms with E-state index in [-0.39, 0.29) is 17.4 Å². The van der Waals surface area contributed by atoms with Gasteiger partial charge in [0.15, 0.2) is 5.16 Å². The number of thioether (sulfide) groups is 1. The number of nitrogens with zero attached hydrogens (tertiary/aromatic N) is 3.